The first-order valence-corrected chi connectivity index (χ1v) is 6.41. The highest BCUT2D eigenvalue weighted by atomic mass is 16.5. The van der Waals surface area contributed by atoms with Crippen LogP contribution < -0.4 is 5.32 Å². The number of morpholine rings is 1. The molecule has 1 aliphatic rings. The Hall–Kier alpha value is -1.85. The standard InChI is InChI=1S/C14H16N4O/c1-10-8-12(11-2-4-15-5-3-11)18-14(17-10)13-9-16-6-7-19-13/h2-5,8,13,16H,6-7,9H2,1H3. The molecule has 3 heterocycles. The van der Waals surface area contributed by atoms with Crippen molar-refractivity contribution in [3.63, 3.8) is 0 Å². The molecule has 2 aromatic rings. The van der Waals surface area contributed by atoms with Gasteiger partial charge in [0.15, 0.2) is 5.82 Å². The molecule has 98 valence electrons. The third-order valence-corrected chi connectivity index (χ3v) is 3.06. The second kappa shape index (κ2) is 5.42. The Morgan fingerprint density at radius 2 is 2.11 bits per heavy atom. The highest BCUT2D eigenvalue weighted by Crippen LogP contribution is 2.21. The highest BCUT2D eigenvalue weighted by molar-refractivity contribution is 5.58. The lowest BCUT2D eigenvalue weighted by molar-refractivity contribution is 0.0221. The van der Waals surface area contributed by atoms with Gasteiger partial charge in [0.05, 0.1) is 12.3 Å². The number of rotatable bonds is 2. The van der Waals surface area contributed by atoms with E-state index in [0.29, 0.717) is 6.61 Å². The number of aryl methyl sites for hydroxylation is 1. The Labute approximate surface area is 112 Å². The van der Waals surface area contributed by atoms with E-state index in [1.54, 1.807) is 12.4 Å². The zero-order chi connectivity index (χ0) is 13.1. The molecule has 0 amide bonds. The molecule has 5 heteroatoms. The largest absolute Gasteiger partial charge is 0.368 e. The van der Waals surface area contributed by atoms with Crippen molar-refractivity contribution in [2.45, 2.75) is 13.0 Å². The fraction of sp³-hybridized carbons (Fsp3) is 0.357. The second-order valence-corrected chi connectivity index (χ2v) is 4.55. The molecule has 0 aliphatic carbocycles. The summed E-state index contributed by atoms with van der Waals surface area (Å²) >= 11 is 0. The van der Waals surface area contributed by atoms with Crippen LogP contribution in [-0.2, 0) is 4.74 Å². The van der Waals surface area contributed by atoms with E-state index >= 15 is 0 Å². The van der Waals surface area contributed by atoms with Crippen LogP contribution in [0.3, 0.4) is 0 Å². The van der Waals surface area contributed by atoms with Crippen LogP contribution in [0, 0.1) is 6.92 Å². The summed E-state index contributed by atoms with van der Waals surface area (Å²) in [5.41, 5.74) is 2.91. The number of hydrogen-bond acceptors (Lipinski definition) is 5. The third-order valence-electron chi connectivity index (χ3n) is 3.06. The summed E-state index contributed by atoms with van der Waals surface area (Å²) in [5, 5.41) is 3.30. The van der Waals surface area contributed by atoms with E-state index in [-0.39, 0.29) is 6.10 Å². The summed E-state index contributed by atoms with van der Waals surface area (Å²) in [5.74, 6) is 0.749. The summed E-state index contributed by atoms with van der Waals surface area (Å²) in [6.07, 6.45) is 3.48. The average Bonchev–Trinajstić information content (AvgIpc) is 2.48. The predicted molar refractivity (Wildman–Crippen MR) is 71.6 cm³/mol. The van der Waals surface area contributed by atoms with Crippen LogP contribution in [0.5, 0.6) is 0 Å². The van der Waals surface area contributed by atoms with Gasteiger partial charge < -0.3 is 10.1 Å². The van der Waals surface area contributed by atoms with Crippen LogP contribution in [0.1, 0.15) is 17.6 Å². The molecular formula is C14H16N4O. The second-order valence-electron chi connectivity index (χ2n) is 4.55. The minimum Gasteiger partial charge on any atom is -0.368 e. The first-order chi connectivity index (χ1) is 9.33. The summed E-state index contributed by atoms with van der Waals surface area (Å²) in [6.45, 7) is 4.33. The minimum absolute atomic E-state index is 0.0609. The molecule has 0 spiro atoms. The Kier molecular flexibility index (Phi) is 3.48. The van der Waals surface area contributed by atoms with Gasteiger partial charge in [0.25, 0.3) is 0 Å². The van der Waals surface area contributed by atoms with Gasteiger partial charge in [0.2, 0.25) is 0 Å². The molecule has 2 aromatic heterocycles. The first kappa shape index (κ1) is 12.2. The molecule has 1 unspecified atom stereocenters. The molecule has 0 aromatic carbocycles. The van der Waals surface area contributed by atoms with Crippen LogP contribution in [0.2, 0.25) is 0 Å². The summed E-state index contributed by atoms with van der Waals surface area (Å²) in [4.78, 5) is 13.1. The van der Waals surface area contributed by atoms with E-state index < -0.39 is 0 Å². The van der Waals surface area contributed by atoms with E-state index in [1.165, 1.54) is 0 Å². The van der Waals surface area contributed by atoms with Crippen molar-refractivity contribution < 1.29 is 4.74 Å². The zero-order valence-corrected chi connectivity index (χ0v) is 10.8. The van der Waals surface area contributed by atoms with Gasteiger partial charge in [-0.05, 0) is 25.1 Å². The van der Waals surface area contributed by atoms with Crippen LogP contribution in [0.4, 0.5) is 0 Å². The quantitative estimate of drug-likeness (QED) is 0.882. The molecule has 1 atom stereocenters. The van der Waals surface area contributed by atoms with Gasteiger partial charge in [-0.1, -0.05) is 0 Å². The summed E-state index contributed by atoms with van der Waals surface area (Å²) < 4.78 is 5.71. The maximum Gasteiger partial charge on any atom is 0.159 e. The Balaban J connectivity index is 1.96. The lowest BCUT2D eigenvalue weighted by Crippen LogP contribution is -2.34. The minimum atomic E-state index is -0.0609. The molecule has 0 radical (unpaired) electrons. The monoisotopic (exact) mass is 256 g/mol. The first-order valence-electron chi connectivity index (χ1n) is 6.41. The number of aromatic nitrogens is 3. The topological polar surface area (TPSA) is 59.9 Å². The van der Waals surface area contributed by atoms with Crippen LogP contribution in [0.25, 0.3) is 11.3 Å². The lowest BCUT2D eigenvalue weighted by atomic mass is 10.1. The molecule has 5 nitrogen and oxygen atoms in total. The lowest BCUT2D eigenvalue weighted by Gasteiger charge is -2.22. The van der Waals surface area contributed by atoms with E-state index in [2.05, 4.69) is 20.3 Å². The number of pyridine rings is 1. The van der Waals surface area contributed by atoms with Crippen molar-refractivity contribution >= 4 is 0 Å². The van der Waals surface area contributed by atoms with Crippen LogP contribution in [-0.4, -0.2) is 34.6 Å². The molecule has 1 aliphatic heterocycles. The van der Waals surface area contributed by atoms with Gasteiger partial charge in [-0.25, -0.2) is 9.97 Å². The molecular weight excluding hydrogens is 240 g/mol. The van der Waals surface area contributed by atoms with Crippen molar-refractivity contribution in [3.05, 3.63) is 42.1 Å². The molecule has 19 heavy (non-hydrogen) atoms. The molecule has 3 rings (SSSR count). The van der Waals surface area contributed by atoms with Crippen molar-refractivity contribution in [2.24, 2.45) is 0 Å². The number of hydrogen-bond donors (Lipinski definition) is 1. The van der Waals surface area contributed by atoms with Crippen molar-refractivity contribution in [3.8, 4) is 11.3 Å². The maximum absolute atomic E-state index is 5.71. The predicted octanol–water partition coefficient (Wildman–Crippen LogP) is 1.51. The highest BCUT2D eigenvalue weighted by Gasteiger charge is 2.19. The van der Waals surface area contributed by atoms with Gasteiger partial charge >= 0.3 is 0 Å². The fourth-order valence-electron chi connectivity index (χ4n) is 2.14. The summed E-state index contributed by atoms with van der Waals surface area (Å²) in [7, 11) is 0. The number of nitrogens with zero attached hydrogens (tertiary/aromatic N) is 3. The normalized spacial score (nSPS) is 19.3. The Bertz CT molecular complexity index is 553. The fourth-order valence-corrected chi connectivity index (χ4v) is 2.14. The zero-order valence-electron chi connectivity index (χ0n) is 10.8. The third kappa shape index (κ3) is 2.77. The summed E-state index contributed by atoms with van der Waals surface area (Å²) in [6, 6.07) is 5.88. The van der Waals surface area contributed by atoms with E-state index in [0.717, 1.165) is 35.9 Å². The number of nitrogens with one attached hydrogen (secondary N) is 1. The molecule has 1 saturated heterocycles. The van der Waals surface area contributed by atoms with Gasteiger partial charge in [-0.15, -0.1) is 0 Å². The Morgan fingerprint density at radius 1 is 1.26 bits per heavy atom. The van der Waals surface area contributed by atoms with Crippen molar-refractivity contribution in [1.29, 1.82) is 0 Å². The molecule has 0 saturated carbocycles. The van der Waals surface area contributed by atoms with Gasteiger partial charge in [0, 0.05) is 36.7 Å². The molecule has 1 fully saturated rings. The SMILES string of the molecule is Cc1cc(-c2ccncc2)nc(C2CNCCO2)n1. The van der Waals surface area contributed by atoms with E-state index in [9.17, 15) is 0 Å². The van der Waals surface area contributed by atoms with Crippen LogP contribution in [0.15, 0.2) is 30.6 Å². The van der Waals surface area contributed by atoms with Crippen LogP contribution >= 0.6 is 0 Å². The van der Waals surface area contributed by atoms with Crippen molar-refractivity contribution in [2.75, 3.05) is 19.7 Å². The number of ether oxygens (including phenoxy) is 1. The smallest absolute Gasteiger partial charge is 0.159 e. The van der Waals surface area contributed by atoms with E-state index in [1.807, 2.05) is 25.1 Å². The van der Waals surface area contributed by atoms with Gasteiger partial charge in [-0.2, -0.15) is 0 Å². The Morgan fingerprint density at radius 3 is 2.84 bits per heavy atom. The van der Waals surface area contributed by atoms with Gasteiger partial charge in [0.1, 0.15) is 6.10 Å². The molecule has 0 bridgehead atoms. The maximum atomic E-state index is 5.71. The van der Waals surface area contributed by atoms with Crippen molar-refractivity contribution in [1.82, 2.24) is 20.3 Å². The van der Waals surface area contributed by atoms with Gasteiger partial charge in [-0.3, -0.25) is 4.98 Å². The average molecular weight is 256 g/mol. The molecule has 1 N–H and O–H groups in total. The van der Waals surface area contributed by atoms with E-state index in [4.69, 9.17) is 4.74 Å².